The highest BCUT2D eigenvalue weighted by Crippen LogP contribution is 2.17. The molecule has 0 atom stereocenters. The van der Waals surface area contributed by atoms with Gasteiger partial charge in [-0.1, -0.05) is 131 Å². The minimum atomic E-state index is -2.87. The first-order chi connectivity index (χ1) is 42.4. The molecule has 0 N–H and O–H groups in total. The van der Waals surface area contributed by atoms with E-state index in [2.05, 4.69) is 11.8 Å². The second kappa shape index (κ2) is 45.9. The minimum absolute atomic E-state index is 0.0409. The lowest BCUT2D eigenvalue weighted by Crippen LogP contribution is -2.49. The minimum Gasteiger partial charge on any atom is -0.342 e. The van der Waals surface area contributed by atoms with Crippen LogP contribution in [0.4, 0.5) is 0 Å². The van der Waals surface area contributed by atoms with E-state index in [1.54, 1.807) is 4.90 Å². The molecule has 90 heavy (non-hydrogen) atoms. The van der Waals surface area contributed by atoms with Crippen molar-refractivity contribution in [2.45, 2.75) is 220 Å². The molecule has 0 saturated carbocycles. The highest BCUT2D eigenvalue weighted by Gasteiger charge is 2.28. The molecule has 20 heteroatoms. The number of likely N-dealkylation sites (N-methyl/N-ethyl adjacent to an activating group) is 1. The van der Waals surface area contributed by atoms with E-state index in [4.69, 9.17) is 0 Å². The van der Waals surface area contributed by atoms with E-state index in [1.807, 2.05) is 145 Å². The maximum Gasteiger partial charge on any atom is 0.225 e. The lowest BCUT2D eigenvalue weighted by atomic mass is 10.1. The van der Waals surface area contributed by atoms with E-state index in [-0.39, 0.29) is 64.8 Å². The van der Waals surface area contributed by atoms with E-state index in [0.29, 0.717) is 54.4 Å². The van der Waals surface area contributed by atoms with Gasteiger partial charge in [0.25, 0.3) is 0 Å². The number of hydrogen-bond acceptors (Lipinski definition) is 11. The largest absolute Gasteiger partial charge is 0.342 e. The van der Waals surface area contributed by atoms with Crippen molar-refractivity contribution in [1.82, 2.24) is 44.1 Å². The van der Waals surface area contributed by atoms with E-state index in [9.17, 15) is 46.8 Å². The maximum absolute atomic E-state index is 11.6. The zero-order valence-corrected chi connectivity index (χ0v) is 61.1. The van der Waals surface area contributed by atoms with Gasteiger partial charge >= 0.3 is 0 Å². The molecule has 524 valence electrons. The Balaban J connectivity index is 0.000000515. The Hall–Kier alpha value is -4.33. The van der Waals surface area contributed by atoms with Crippen LogP contribution in [0.3, 0.4) is 0 Å². The van der Waals surface area contributed by atoms with Crippen molar-refractivity contribution in [3.63, 3.8) is 0 Å². The molecule has 0 spiro atoms. The van der Waals surface area contributed by atoms with Gasteiger partial charge in [0.05, 0.1) is 11.5 Å². The third-order valence-corrected chi connectivity index (χ3v) is 18.9. The Morgan fingerprint density at radius 1 is 0.233 bits per heavy atom. The average molecular weight is 1290 g/mol. The predicted octanol–water partition coefficient (Wildman–Crippen LogP) is 9.86. The summed E-state index contributed by atoms with van der Waals surface area (Å²) in [7, 11) is -2.87. The fourth-order valence-electron chi connectivity index (χ4n) is 11.2. The van der Waals surface area contributed by atoms with Crippen LogP contribution in [0.25, 0.3) is 0 Å². The number of piperidine rings is 3. The number of rotatable bonds is 9. The van der Waals surface area contributed by atoms with E-state index in [0.717, 1.165) is 111 Å². The van der Waals surface area contributed by atoms with Crippen molar-refractivity contribution in [1.29, 1.82) is 0 Å². The van der Waals surface area contributed by atoms with Gasteiger partial charge in [0.1, 0.15) is 0 Å². The van der Waals surface area contributed by atoms with Crippen molar-refractivity contribution in [3.8, 4) is 0 Å². The Kier molecular flexibility index (Phi) is 42.7. The second-order valence-corrected chi connectivity index (χ2v) is 30.4. The molecule has 8 amide bonds. The molecule has 8 saturated heterocycles. The molecule has 0 aromatic rings. The smallest absolute Gasteiger partial charge is 0.225 e. The van der Waals surface area contributed by atoms with Crippen LogP contribution in [-0.2, 0) is 48.2 Å². The topological polar surface area (TPSA) is 200 Å². The summed E-state index contributed by atoms with van der Waals surface area (Å²) in [4.78, 5) is 109. The number of nitrogens with zero attached hydrogens (tertiary/aromatic N) is 9. The number of hydrogen-bond donors (Lipinski definition) is 0. The van der Waals surface area contributed by atoms with E-state index < -0.39 is 9.84 Å². The van der Waals surface area contributed by atoms with E-state index in [1.165, 1.54) is 103 Å². The summed E-state index contributed by atoms with van der Waals surface area (Å²) in [6, 6.07) is 0. The summed E-state index contributed by atoms with van der Waals surface area (Å²) in [5.41, 5.74) is 0. The Labute approximate surface area is 549 Å². The van der Waals surface area contributed by atoms with Gasteiger partial charge in [0, 0.05) is 165 Å². The van der Waals surface area contributed by atoms with Crippen LogP contribution in [0.2, 0.25) is 0 Å². The number of sulfone groups is 1. The van der Waals surface area contributed by atoms with E-state index >= 15 is 0 Å². The van der Waals surface area contributed by atoms with Crippen LogP contribution in [0.5, 0.6) is 0 Å². The summed E-state index contributed by atoms with van der Waals surface area (Å²) in [5.74, 6) is 3.67. The normalized spacial score (nSPS) is 19.4. The molecule has 8 heterocycles. The van der Waals surface area contributed by atoms with Gasteiger partial charge in [-0.05, 0) is 96.4 Å². The van der Waals surface area contributed by atoms with Gasteiger partial charge in [-0.3, -0.25) is 38.4 Å². The zero-order valence-electron chi connectivity index (χ0n) is 60.3. The molecular formula is C70H133N9O10S. The Morgan fingerprint density at radius 2 is 0.389 bits per heavy atom. The lowest BCUT2D eigenvalue weighted by Gasteiger charge is -2.34. The first-order valence-electron chi connectivity index (χ1n) is 35.6. The van der Waals surface area contributed by atoms with Gasteiger partial charge in [0.2, 0.25) is 47.3 Å². The summed E-state index contributed by atoms with van der Waals surface area (Å²) >= 11 is 0. The van der Waals surface area contributed by atoms with Crippen molar-refractivity contribution < 1.29 is 46.8 Å². The molecule has 8 aliphatic heterocycles. The molecular weight excluding hydrogens is 1160 g/mol. The number of amides is 8. The monoisotopic (exact) mass is 1290 g/mol. The second-order valence-electron chi connectivity index (χ2n) is 28.1. The molecule has 0 radical (unpaired) electrons. The summed E-state index contributed by atoms with van der Waals surface area (Å²) in [6.07, 6.45) is 19.6. The fraction of sp³-hybridized carbons (Fsp3) is 0.886. The number of carbonyl (C=O) groups is 8. The molecule has 0 aromatic carbocycles. The lowest BCUT2D eigenvalue weighted by molar-refractivity contribution is -0.138. The molecule has 0 aromatic heterocycles. The summed E-state index contributed by atoms with van der Waals surface area (Å²) in [6.45, 7) is 50.8. The molecule has 8 fully saturated rings. The standard InChI is InChI=1S/C10H20N2O.C10H19NO.3C9H17NO.C8H15NO3S.C8H15NO.C7H13NO/c1-4-11-5-7-12(8-6-11)10(13)9(2)3;1-9(2)10(12)11-7-5-3-4-6-8-11;3*1-8(2)9(11)10-6-4-3-5-7-10;1-7(2)8(10)9-3-5-13(11,12)6-4-9;1-7(2)8(10)9-5-3-4-6-9;1-6(2)7(9)8-4-3-5-8/h9H,4-8H2,1-3H3;9H,3-8H2,1-2H3;3*8H,3-7H2,1-2H3;7H,3-6H2,1-2H3;7H,3-6H2,1-2H3;6H,3-5H2,1-2H3. The van der Waals surface area contributed by atoms with Crippen LogP contribution in [-0.4, -0.2) is 236 Å². The highest BCUT2D eigenvalue weighted by molar-refractivity contribution is 7.91. The molecule has 19 nitrogen and oxygen atoms in total. The van der Waals surface area contributed by atoms with Gasteiger partial charge < -0.3 is 44.1 Å². The summed E-state index contributed by atoms with van der Waals surface area (Å²) in [5, 5.41) is 0. The van der Waals surface area contributed by atoms with Crippen molar-refractivity contribution >= 4 is 57.1 Å². The third kappa shape index (κ3) is 34.0. The van der Waals surface area contributed by atoms with Gasteiger partial charge in [0.15, 0.2) is 9.84 Å². The highest BCUT2D eigenvalue weighted by atomic mass is 32.2. The molecule has 0 aliphatic carbocycles. The number of piperazine rings is 1. The number of carbonyl (C=O) groups excluding carboxylic acids is 8. The quantitative estimate of drug-likeness (QED) is 0.213. The van der Waals surface area contributed by atoms with Gasteiger partial charge in [-0.15, -0.1) is 0 Å². The van der Waals surface area contributed by atoms with Crippen LogP contribution < -0.4 is 0 Å². The SMILES string of the molecule is CC(C)C(=O)N1CCC1.CC(C)C(=O)N1CCCC1.CC(C)C(=O)N1CCCCC1.CC(C)C(=O)N1CCCCC1.CC(C)C(=O)N1CCCCC1.CC(C)C(=O)N1CCCCCC1.CC(C)C(=O)N1CCS(=O)(=O)CC1.CCN1CCN(C(=O)C(C)C)CC1. The third-order valence-electron chi connectivity index (χ3n) is 17.2. The van der Waals surface area contributed by atoms with Gasteiger partial charge in [-0.2, -0.15) is 0 Å². The van der Waals surface area contributed by atoms with Crippen LogP contribution in [0.15, 0.2) is 0 Å². The molecule has 0 unspecified atom stereocenters. The molecule has 0 bridgehead atoms. The zero-order chi connectivity index (χ0) is 68.1. The first kappa shape index (κ1) is 83.7. The van der Waals surface area contributed by atoms with Gasteiger partial charge in [-0.25, -0.2) is 8.42 Å². The van der Waals surface area contributed by atoms with Crippen molar-refractivity contribution in [2.75, 3.05) is 136 Å². The molecule has 8 rings (SSSR count). The van der Waals surface area contributed by atoms with Crippen LogP contribution in [0.1, 0.15) is 220 Å². The van der Waals surface area contributed by atoms with Crippen LogP contribution >= 0.6 is 0 Å². The number of likely N-dealkylation sites (tertiary alicyclic amines) is 6. The van der Waals surface area contributed by atoms with Crippen molar-refractivity contribution in [2.24, 2.45) is 47.3 Å². The van der Waals surface area contributed by atoms with Crippen molar-refractivity contribution in [3.05, 3.63) is 0 Å². The maximum atomic E-state index is 11.6. The Bertz CT molecular complexity index is 2070. The first-order valence-corrected chi connectivity index (χ1v) is 37.4. The summed E-state index contributed by atoms with van der Waals surface area (Å²) < 4.78 is 22.1. The predicted molar refractivity (Wildman–Crippen MR) is 366 cm³/mol. The molecule has 8 aliphatic rings. The Morgan fingerprint density at radius 3 is 0.556 bits per heavy atom. The fourth-order valence-corrected chi connectivity index (χ4v) is 12.4. The van der Waals surface area contributed by atoms with Crippen LogP contribution in [0, 0.1) is 47.3 Å². The average Bonchev–Trinajstić information content (AvgIpc) is 4.01.